The molecule has 0 spiro atoms. The summed E-state index contributed by atoms with van der Waals surface area (Å²) in [6.45, 7) is 6.80. The molecule has 0 amide bonds. The number of rotatable bonds is 3. The van der Waals surface area contributed by atoms with E-state index in [0.29, 0.717) is 5.95 Å². The molecule has 1 aliphatic heterocycles. The van der Waals surface area contributed by atoms with Gasteiger partial charge < -0.3 is 10.2 Å². The van der Waals surface area contributed by atoms with E-state index in [-0.39, 0.29) is 0 Å². The third kappa shape index (κ3) is 3.18. The average Bonchev–Trinajstić information content (AvgIpc) is 2.46. The minimum Gasteiger partial charge on any atom is -0.354 e. The molecule has 0 saturated carbocycles. The molecule has 0 fully saturated rings. The second kappa shape index (κ2) is 6.02. The standard InChI is InChI=1S/C16H19BrN4/c1-3-18-16-19-11(2)8-15(20-16)21-7-6-12-9-14(17)5-4-13(12)10-21/h4-5,8-9H,3,6-7,10H2,1-2H3,(H,18,19,20). The molecule has 0 aliphatic carbocycles. The van der Waals surface area contributed by atoms with Crippen LogP contribution in [0, 0.1) is 6.92 Å². The smallest absolute Gasteiger partial charge is 0.224 e. The van der Waals surface area contributed by atoms with Gasteiger partial charge in [0.2, 0.25) is 5.95 Å². The van der Waals surface area contributed by atoms with Crippen molar-refractivity contribution in [3.05, 3.63) is 45.6 Å². The number of hydrogen-bond acceptors (Lipinski definition) is 4. The summed E-state index contributed by atoms with van der Waals surface area (Å²) in [7, 11) is 0. The molecule has 2 heterocycles. The van der Waals surface area contributed by atoms with Crippen molar-refractivity contribution < 1.29 is 0 Å². The lowest BCUT2D eigenvalue weighted by Gasteiger charge is -2.30. The SMILES string of the molecule is CCNc1nc(C)cc(N2CCc3cc(Br)ccc3C2)n1. The minimum atomic E-state index is 0.717. The fourth-order valence-electron chi connectivity index (χ4n) is 2.67. The van der Waals surface area contributed by atoms with Gasteiger partial charge in [-0.15, -0.1) is 0 Å². The van der Waals surface area contributed by atoms with Gasteiger partial charge in [-0.3, -0.25) is 0 Å². The Bertz CT molecular complexity index is 657. The monoisotopic (exact) mass is 346 g/mol. The summed E-state index contributed by atoms with van der Waals surface area (Å²) in [6, 6.07) is 8.59. The summed E-state index contributed by atoms with van der Waals surface area (Å²) in [5.41, 5.74) is 3.81. The van der Waals surface area contributed by atoms with Gasteiger partial charge in [0.15, 0.2) is 0 Å². The molecular weight excluding hydrogens is 328 g/mol. The maximum absolute atomic E-state index is 4.63. The molecule has 1 aromatic heterocycles. The van der Waals surface area contributed by atoms with E-state index in [0.717, 1.165) is 42.0 Å². The summed E-state index contributed by atoms with van der Waals surface area (Å²) in [6.07, 6.45) is 1.05. The van der Waals surface area contributed by atoms with Crippen molar-refractivity contribution in [2.75, 3.05) is 23.3 Å². The minimum absolute atomic E-state index is 0.717. The third-order valence-corrected chi connectivity index (χ3v) is 4.17. The molecule has 2 aromatic rings. The highest BCUT2D eigenvalue weighted by Gasteiger charge is 2.18. The Hall–Kier alpha value is -1.62. The van der Waals surface area contributed by atoms with Crippen molar-refractivity contribution >= 4 is 27.7 Å². The van der Waals surface area contributed by atoms with Crippen molar-refractivity contribution in [3.63, 3.8) is 0 Å². The molecule has 3 rings (SSSR count). The quantitative estimate of drug-likeness (QED) is 0.922. The summed E-state index contributed by atoms with van der Waals surface area (Å²) in [4.78, 5) is 11.4. The Balaban J connectivity index is 1.87. The number of fused-ring (bicyclic) bond motifs is 1. The van der Waals surface area contributed by atoms with E-state index >= 15 is 0 Å². The first-order valence-corrected chi connectivity index (χ1v) is 8.07. The largest absolute Gasteiger partial charge is 0.354 e. The molecule has 0 bridgehead atoms. The number of nitrogens with zero attached hydrogens (tertiary/aromatic N) is 3. The molecule has 4 nitrogen and oxygen atoms in total. The first-order chi connectivity index (χ1) is 10.2. The fraction of sp³-hybridized carbons (Fsp3) is 0.375. The molecule has 1 aliphatic rings. The Morgan fingerprint density at radius 1 is 1.24 bits per heavy atom. The van der Waals surface area contributed by atoms with E-state index in [9.17, 15) is 0 Å². The number of halogens is 1. The fourth-order valence-corrected chi connectivity index (χ4v) is 3.08. The van der Waals surface area contributed by atoms with E-state index in [1.54, 1.807) is 0 Å². The Kier molecular flexibility index (Phi) is 4.10. The topological polar surface area (TPSA) is 41.1 Å². The molecular formula is C16H19BrN4. The second-order valence-electron chi connectivity index (χ2n) is 5.31. The van der Waals surface area contributed by atoms with E-state index in [2.05, 4.69) is 67.3 Å². The molecule has 0 unspecified atom stereocenters. The molecule has 0 radical (unpaired) electrons. The van der Waals surface area contributed by atoms with Crippen LogP contribution in [0.4, 0.5) is 11.8 Å². The van der Waals surface area contributed by atoms with Crippen LogP contribution in [0.2, 0.25) is 0 Å². The van der Waals surface area contributed by atoms with Gasteiger partial charge in [0.25, 0.3) is 0 Å². The van der Waals surface area contributed by atoms with Gasteiger partial charge in [-0.2, -0.15) is 4.98 Å². The molecule has 0 saturated heterocycles. The van der Waals surface area contributed by atoms with Crippen molar-refractivity contribution in [1.82, 2.24) is 9.97 Å². The molecule has 110 valence electrons. The highest BCUT2D eigenvalue weighted by molar-refractivity contribution is 9.10. The summed E-state index contributed by atoms with van der Waals surface area (Å²) >= 11 is 3.54. The van der Waals surface area contributed by atoms with Crippen molar-refractivity contribution in [2.45, 2.75) is 26.8 Å². The van der Waals surface area contributed by atoms with Crippen LogP contribution < -0.4 is 10.2 Å². The summed E-state index contributed by atoms with van der Waals surface area (Å²) < 4.78 is 1.15. The first kappa shape index (κ1) is 14.3. The highest BCUT2D eigenvalue weighted by Crippen LogP contribution is 2.26. The lowest BCUT2D eigenvalue weighted by molar-refractivity contribution is 0.718. The molecule has 5 heteroatoms. The maximum Gasteiger partial charge on any atom is 0.224 e. The van der Waals surface area contributed by atoms with Crippen LogP contribution in [0.3, 0.4) is 0 Å². The van der Waals surface area contributed by atoms with Gasteiger partial charge in [0.05, 0.1) is 0 Å². The van der Waals surface area contributed by atoms with Gasteiger partial charge in [0.1, 0.15) is 5.82 Å². The molecule has 21 heavy (non-hydrogen) atoms. The van der Waals surface area contributed by atoms with Gasteiger partial charge in [-0.1, -0.05) is 22.0 Å². The Morgan fingerprint density at radius 3 is 2.90 bits per heavy atom. The van der Waals surface area contributed by atoms with Crippen LogP contribution in [0.1, 0.15) is 23.7 Å². The zero-order valence-electron chi connectivity index (χ0n) is 12.4. The van der Waals surface area contributed by atoms with Gasteiger partial charge in [0, 0.05) is 35.9 Å². The predicted molar refractivity (Wildman–Crippen MR) is 89.8 cm³/mol. The van der Waals surface area contributed by atoms with E-state index in [1.165, 1.54) is 11.1 Å². The number of benzene rings is 1. The number of aromatic nitrogens is 2. The van der Waals surface area contributed by atoms with Gasteiger partial charge in [-0.05, 0) is 43.5 Å². The van der Waals surface area contributed by atoms with Crippen molar-refractivity contribution in [3.8, 4) is 0 Å². The van der Waals surface area contributed by atoms with E-state index in [4.69, 9.17) is 0 Å². The lowest BCUT2D eigenvalue weighted by Crippen LogP contribution is -2.31. The van der Waals surface area contributed by atoms with Crippen LogP contribution in [-0.4, -0.2) is 23.1 Å². The lowest BCUT2D eigenvalue weighted by atomic mass is 10.00. The number of anilines is 2. The van der Waals surface area contributed by atoms with Crippen LogP contribution in [0.25, 0.3) is 0 Å². The third-order valence-electron chi connectivity index (χ3n) is 3.68. The zero-order chi connectivity index (χ0) is 14.8. The predicted octanol–water partition coefficient (Wildman–Crippen LogP) is 3.54. The van der Waals surface area contributed by atoms with E-state index < -0.39 is 0 Å². The Morgan fingerprint density at radius 2 is 2.10 bits per heavy atom. The van der Waals surface area contributed by atoms with Gasteiger partial charge >= 0.3 is 0 Å². The number of hydrogen-bond donors (Lipinski definition) is 1. The van der Waals surface area contributed by atoms with E-state index in [1.807, 2.05) is 6.92 Å². The second-order valence-corrected chi connectivity index (χ2v) is 6.22. The molecule has 1 N–H and O–H groups in total. The first-order valence-electron chi connectivity index (χ1n) is 7.27. The maximum atomic E-state index is 4.63. The van der Waals surface area contributed by atoms with Crippen molar-refractivity contribution in [1.29, 1.82) is 0 Å². The summed E-state index contributed by atoms with van der Waals surface area (Å²) in [5, 5.41) is 3.20. The zero-order valence-corrected chi connectivity index (χ0v) is 13.9. The highest BCUT2D eigenvalue weighted by atomic mass is 79.9. The van der Waals surface area contributed by atoms with Crippen LogP contribution in [-0.2, 0) is 13.0 Å². The normalized spacial score (nSPS) is 14.0. The van der Waals surface area contributed by atoms with Crippen LogP contribution in [0.5, 0.6) is 0 Å². The van der Waals surface area contributed by atoms with Gasteiger partial charge in [-0.25, -0.2) is 4.98 Å². The molecule has 1 aromatic carbocycles. The van der Waals surface area contributed by atoms with Crippen LogP contribution in [0.15, 0.2) is 28.7 Å². The number of aryl methyl sites for hydroxylation is 1. The summed E-state index contributed by atoms with van der Waals surface area (Å²) in [5.74, 6) is 1.72. The van der Waals surface area contributed by atoms with Crippen LogP contribution >= 0.6 is 15.9 Å². The Labute approximate surface area is 133 Å². The molecule has 0 atom stereocenters. The average molecular weight is 347 g/mol. The number of nitrogens with one attached hydrogen (secondary N) is 1. The van der Waals surface area contributed by atoms with Crippen molar-refractivity contribution in [2.24, 2.45) is 0 Å².